The number of para-hydroxylation sites is 4. The van der Waals surface area contributed by atoms with Crippen LogP contribution in [0.25, 0.3) is 22.3 Å². The molecular formula is C80H59BN4. The van der Waals surface area contributed by atoms with Crippen LogP contribution in [-0.4, -0.2) is 6.71 Å². The number of nitrogens with zero attached hydrogens (tertiary/aromatic N) is 4. The molecule has 15 rings (SSSR count). The zero-order valence-electron chi connectivity index (χ0n) is 47.0. The molecule has 2 heterocycles. The van der Waals surface area contributed by atoms with E-state index < -0.39 is 0 Å². The summed E-state index contributed by atoms with van der Waals surface area (Å²) < 4.78 is 0. The fraction of sp³-hybridized carbons (Fsp3) is 0.0250. The molecule has 0 N–H and O–H groups in total. The third-order valence-electron chi connectivity index (χ3n) is 16.9. The van der Waals surface area contributed by atoms with Gasteiger partial charge in [0.25, 0.3) is 6.71 Å². The minimum Gasteiger partial charge on any atom is -0.311 e. The first-order valence-electron chi connectivity index (χ1n) is 29.4. The van der Waals surface area contributed by atoms with E-state index in [-0.39, 0.29) is 6.71 Å². The minimum atomic E-state index is -0.126. The first-order valence-corrected chi connectivity index (χ1v) is 29.4. The standard InChI is InChI=1S/C80H59BN4/c1-9-26-58(27-10-1)52-62-54-74-78(56-72(62)60-30-13-3-14-31-60)84(70-48-44-68(45-49-70)82(64-34-17-5-18-35-64)65-36-19-6-20-37-65)76-42-25-43-77-80(76)81(74)75-55-63(53-59-28-11-2-12-29-59)73(61-32-15-4-16-33-61)57-79(75)85(77)71-50-46-69(47-51-71)83(66-38-21-7-22-39-66)67-40-23-8-24-41-67/h1-51,54-57H,52-53H2. The van der Waals surface area contributed by atoms with Crippen LogP contribution in [0.15, 0.2) is 334 Å². The van der Waals surface area contributed by atoms with Crippen molar-refractivity contribution in [3.8, 4) is 22.3 Å². The van der Waals surface area contributed by atoms with Crippen molar-refractivity contribution in [3.63, 3.8) is 0 Å². The lowest BCUT2D eigenvalue weighted by atomic mass is 9.33. The highest BCUT2D eigenvalue weighted by Gasteiger charge is 2.44. The second-order valence-electron chi connectivity index (χ2n) is 22.1. The van der Waals surface area contributed by atoms with Crippen molar-refractivity contribution in [2.75, 3.05) is 19.6 Å². The van der Waals surface area contributed by atoms with Gasteiger partial charge in [-0.05, 0) is 195 Å². The summed E-state index contributed by atoms with van der Waals surface area (Å²) in [6.07, 6.45) is 1.56. The van der Waals surface area contributed by atoms with E-state index in [1.54, 1.807) is 0 Å². The molecule has 402 valence electrons. The van der Waals surface area contributed by atoms with Gasteiger partial charge in [0.1, 0.15) is 0 Å². The zero-order valence-corrected chi connectivity index (χ0v) is 47.0. The van der Waals surface area contributed by atoms with Gasteiger partial charge in [-0.3, -0.25) is 0 Å². The maximum absolute atomic E-state index is 2.57. The van der Waals surface area contributed by atoms with Crippen LogP contribution in [-0.2, 0) is 12.8 Å². The van der Waals surface area contributed by atoms with Gasteiger partial charge >= 0.3 is 0 Å². The second-order valence-corrected chi connectivity index (χ2v) is 22.1. The normalized spacial score (nSPS) is 12.0. The molecule has 2 aliphatic rings. The van der Waals surface area contributed by atoms with Crippen molar-refractivity contribution >= 4 is 91.3 Å². The Kier molecular flexibility index (Phi) is 13.5. The van der Waals surface area contributed by atoms with E-state index in [4.69, 9.17) is 0 Å². The van der Waals surface area contributed by atoms with E-state index in [2.05, 4.69) is 353 Å². The van der Waals surface area contributed by atoms with Gasteiger partial charge in [0, 0.05) is 68.2 Å². The van der Waals surface area contributed by atoms with Crippen LogP contribution in [0.1, 0.15) is 22.3 Å². The van der Waals surface area contributed by atoms with E-state index in [0.717, 1.165) is 69.7 Å². The van der Waals surface area contributed by atoms with Crippen molar-refractivity contribution in [1.82, 2.24) is 0 Å². The molecule has 0 radical (unpaired) electrons. The number of anilines is 12. The van der Waals surface area contributed by atoms with Crippen molar-refractivity contribution in [2.24, 2.45) is 0 Å². The van der Waals surface area contributed by atoms with Crippen LogP contribution in [0.2, 0.25) is 0 Å². The summed E-state index contributed by atoms with van der Waals surface area (Å²) in [6.45, 7) is -0.126. The average Bonchev–Trinajstić information content (AvgIpc) is 1.29. The van der Waals surface area contributed by atoms with Crippen LogP contribution < -0.4 is 36.0 Å². The smallest absolute Gasteiger partial charge is 0.252 e. The highest BCUT2D eigenvalue weighted by Crippen LogP contribution is 2.48. The lowest BCUT2D eigenvalue weighted by Gasteiger charge is -2.45. The van der Waals surface area contributed by atoms with E-state index in [1.165, 1.54) is 72.3 Å². The maximum Gasteiger partial charge on any atom is 0.252 e. The number of rotatable bonds is 14. The topological polar surface area (TPSA) is 13.0 Å². The summed E-state index contributed by atoms with van der Waals surface area (Å²) in [5, 5.41) is 0. The first kappa shape index (κ1) is 51.0. The van der Waals surface area contributed by atoms with Gasteiger partial charge in [-0.15, -0.1) is 0 Å². The van der Waals surface area contributed by atoms with E-state index in [1.807, 2.05) is 0 Å². The van der Waals surface area contributed by atoms with E-state index in [9.17, 15) is 0 Å². The molecule has 0 saturated carbocycles. The van der Waals surface area contributed by atoms with Gasteiger partial charge < -0.3 is 19.6 Å². The molecule has 0 aliphatic carbocycles. The molecule has 0 fully saturated rings. The SMILES string of the molecule is c1ccc(Cc2cc3c(cc2-c2ccccc2)N(c2ccc(N(c4ccccc4)c4ccccc4)cc2)c2cccc4c2B3c2cc(Cc3ccccc3)c(-c3ccccc3)cc2N4c2ccc(N(c3ccccc3)c3ccccc3)cc2)cc1. The van der Waals surface area contributed by atoms with Gasteiger partial charge in [0.05, 0.1) is 0 Å². The molecular weight excluding hydrogens is 1030 g/mol. The molecule has 0 bridgehead atoms. The van der Waals surface area contributed by atoms with Gasteiger partial charge in [0.15, 0.2) is 0 Å². The van der Waals surface area contributed by atoms with Gasteiger partial charge in [-0.1, -0.05) is 212 Å². The summed E-state index contributed by atoms with van der Waals surface area (Å²) in [4.78, 5) is 9.78. The Bertz CT molecular complexity index is 4070. The molecule has 0 aromatic heterocycles. The largest absolute Gasteiger partial charge is 0.311 e. The van der Waals surface area contributed by atoms with Crippen LogP contribution in [0, 0.1) is 0 Å². The summed E-state index contributed by atoms with van der Waals surface area (Å²) in [7, 11) is 0. The third kappa shape index (κ3) is 9.72. The number of hydrogen-bond donors (Lipinski definition) is 0. The van der Waals surface area contributed by atoms with Gasteiger partial charge in [0.2, 0.25) is 0 Å². The molecule has 0 saturated heterocycles. The second kappa shape index (κ2) is 22.5. The summed E-state index contributed by atoms with van der Waals surface area (Å²) in [6, 6.07) is 122. The number of hydrogen-bond acceptors (Lipinski definition) is 4. The van der Waals surface area contributed by atoms with Gasteiger partial charge in [-0.2, -0.15) is 0 Å². The van der Waals surface area contributed by atoms with Crippen molar-refractivity contribution in [1.29, 1.82) is 0 Å². The fourth-order valence-corrected chi connectivity index (χ4v) is 13.1. The van der Waals surface area contributed by atoms with Crippen molar-refractivity contribution in [2.45, 2.75) is 12.8 Å². The summed E-state index contributed by atoms with van der Waals surface area (Å²) in [5.41, 5.74) is 27.2. The van der Waals surface area contributed by atoms with Crippen LogP contribution >= 0.6 is 0 Å². The molecule has 13 aromatic carbocycles. The summed E-state index contributed by atoms with van der Waals surface area (Å²) >= 11 is 0. The molecule has 0 unspecified atom stereocenters. The predicted octanol–water partition coefficient (Wildman–Crippen LogP) is 19.2. The molecule has 2 aliphatic heterocycles. The Balaban J connectivity index is 0.983. The Hall–Kier alpha value is -10.9. The van der Waals surface area contributed by atoms with Gasteiger partial charge in [-0.25, -0.2) is 0 Å². The number of fused-ring (bicyclic) bond motifs is 4. The average molecular weight is 1090 g/mol. The molecule has 13 aromatic rings. The van der Waals surface area contributed by atoms with E-state index in [0.29, 0.717) is 0 Å². The zero-order chi connectivity index (χ0) is 56.5. The van der Waals surface area contributed by atoms with Crippen LogP contribution in [0.4, 0.5) is 68.2 Å². The third-order valence-corrected chi connectivity index (χ3v) is 16.9. The Morgan fingerprint density at radius 1 is 0.259 bits per heavy atom. The monoisotopic (exact) mass is 1090 g/mol. The highest BCUT2D eigenvalue weighted by molar-refractivity contribution is 7.00. The first-order chi connectivity index (χ1) is 42.2. The summed E-state index contributed by atoms with van der Waals surface area (Å²) in [5.74, 6) is 0. The maximum atomic E-state index is 2.57. The van der Waals surface area contributed by atoms with E-state index >= 15 is 0 Å². The Labute approximate surface area is 499 Å². The molecule has 4 nitrogen and oxygen atoms in total. The molecule has 0 atom stereocenters. The Morgan fingerprint density at radius 2 is 0.553 bits per heavy atom. The molecule has 85 heavy (non-hydrogen) atoms. The lowest BCUT2D eigenvalue weighted by Crippen LogP contribution is -2.61. The lowest BCUT2D eigenvalue weighted by molar-refractivity contribution is 1.18. The van der Waals surface area contributed by atoms with Crippen LogP contribution in [0.3, 0.4) is 0 Å². The molecule has 0 spiro atoms. The molecule has 0 amide bonds. The highest BCUT2D eigenvalue weighted by atomic mass is 15.2. The quantitative estimate of drug-likeness (QED) is 0.101. The Morgan fingerprint density at radius 3 is 0.882 bits per heavy atom. The van der Waals surface area contributed by atoms with Crippen LogP contribution in [0.5, 0.6) is 0 Å². The van der Waals surface area contributed by atoms with Crippen molar-refractivity contribution < 1.29 is 0 Å². The molecule has 5 heteroatoms. The predicted molar refractivity (Wildman–Crippen MR) is 359 cm³/mol. The minimum absolute atomic E-state index is 0.126. The van der Waals surface area contributed by atoms with Crippen molar-refractivity contribution in [3.05, 3.63) is 356 Å². The number of benzene rings is 13. The fourth-order valence-electron chi connectivity index (χ4n) is 13.1.